The van der Waals surface area contributed by atoms with Crippen LogP contribution in [0.4, 0.5) is 4.39 Å². The first kappa shape index (κ1) is 20.7. The molecule has 2 heterocycles. The van der Waals surface area contributed by atoms with E-state index in [1.54, 1.807) is 19.9 Å². The molecule has 1 aliphatic rings. The van der Waals surface area contributed by atoms with Gasteiger partial charge in [0.2, 0.25) is 0 Å². The van der Waals surface area contributed by atoms with E-state index in [-0.39, 0.29) is 42.1 Å². The summed E-state index contributed by atoms with van der Waals surface area (Å²) in [7, 11) is 0. The summed E-state index contributed by atoms with van der Waals surface area (Å²) < 4.78 is 19.6. The predicted molar refractivity (Wildman–Crippen MR) is 103 cm³/mol. The van der Waals surface area contributed by atoms with Crippen molar-refractivity contribution >= 4 is 17.7 Å². The summed E-state index contributed by atoms with van der Waals surface area (Å²) in [6, 6.07) is 5.74. The summed E-state index contributed by atoms with van der Waals surface area (Å²) in [5, 5.41) is 9.62. The second-order valence-electron chi connectivity index (χ2n) is 6.93. The molecule has 1 amide bonds. The number of rotatable bonds is 5. The molecular formula is C21H23FN2O5. The van der Waals surface area contributed by atoms with Gasteiger partial charge >= 0.3 is 5.97 Å². The monoisotopic (exact) mass is 402 g/mol. The minimum Gasteiger partial charge on any atom is -0.462 e. The average Bonchev–Trinajstić information content (AvgIpc) is 3.05. The fourth-order valence-electron chi connectivity index (χ4n) is 3.51. The number of H-pyrrole nitrogens is 1. The molecule has 1 aromatic heterocycles. The number of carbonyl (C=O) groups excluding carboxylic acids is 3. The summed E-state index contributed by atoms with van der Waals surface area (Å²) in [5.41, 5.74) is 0.250. The summed E-state index contributed by atoms with van der Waals surface area (Å²) in [5.74, 6) is -2.95. The molecule has 8 heteroatoms. The Kier molecular flexibility index (Phi) is 6.12. The number of esters is 1. The number of halogens is 1. The van der Waals surface area contributed by atoms with Crippen LogP contribution in [0.15, 0.2) is 24.3 Å². The molecule has 1 aromatic carbocycles. The van der Waals surface area contributed by atoms with Gasteiger partial charge in [-0.25, -0.2) is 9.18 Å². The Morgan fingerprint density at radius 2 is 1.90 bits per heavy atom. The van der Waals surface area contributed by atoms with Crippen LogP contribution in [-0.4, -0.2) is 58.5 Å². The van der Waals surface area contributed by atoms with Crippen molar-refractivity contribution in [2.45, 2.75) is 32.8 Å². The van der Waals surface area contributed by atoms with Crippen molar-refractivity contribution in [2.75, 3.05) is 19.7 Å². The first-order chi connectivity index (χ1) is 13.8. The standard InChI is InChI=1S/C21H23FN2O5/c1-3-29-21(28)16-12(2)23-18(17(16)14-6-4-5-7-15(14)22)19(26)20(27)24-10-8-13(25)9-11-24/h4-7,13,23,25H,3,8-11H2,1-2H3. The number of benzene rings is 1. The van der Waals surface area contributed by atoms with E-state index in [2.05, 4.69) is 4.98 Å². The maximum Gasteiger partial charge on any atom is 0.340 e. The molecule has 29 heavy (non-hydrogen) atoms. The lowest BCUT2D eigenvalue weighted by Gasteiger charge is -2.28. The quantitative estimate of drug-likeness (QED) is 0.455. The number of ketones is 1. The van der Waals surface area contributed by atoms with Crippen LogP contribution in [0.25, 0.3) is 11.1 Å². The molecule has 0 aliphatic carbocycles. The van der Waals surface area contributed by atoms with E-state index in [4.69, 9.17) is 4.74 Å². The van der Waals surface area contributed by atoms with E-state index in [1.807, 2.05) is 0 Å². The third-order valence-electron chi connectivity index (χ3n) is 4.98. The maximum atomic E-state index is 14.6. The largest absolute Gasteiger partial charge is 0.462 e. The smallest absolute Gasteiger partial charge is 0.340 e. The molecule has 0 spiro atoms. The molecule has 0 atom stereocenters. The van der Waals surface area contributed by atoms with Gasteiger partial charge in [-0.3, -0.25) is 9.59 Å². The molecule has 1 saturated heterocycles. The number of aryl methyl sites for hydroxylation is 1. The fraction of sp³-hybridized carbons (Fsp3) is 0.381. The molecule has 0 unspecified atom stereocenters. The first-order valence-electron chi connectivity index (χ1n) is 9.51. The molecule has 1 fully saturated rings. The van der Waals surface area contributed by atoms with Gasteiger partial charge in [-0.15, -0.1) is 0 Å². The van der Waals surface area contributed by atoms with Gasteiger partial charge in [-0.1, -0.05) is 18.2 Å². The zero-order valence-corrected chi connectivity index (χ0v) is 16.3. The lowest BCUT2D eigenvalue weighted by Crippen LogP contribution is -2.43. The summed E-state index contributed by atoms with van der Waals surface area (Å²) in [6.07, 6.45) is 0.278. The van der Waals surface area contributed by atoms with Crippen LogP contribution < -0.4 is 0 Å². The van der Waals surface area contributed by atoms with Crippen LogP contribution in [0.5, 0.6) is 0 Å². The Bertz CT molecular complexity index is 945. The zero-order chi connectivity index (χ0) is 21.1. The summed E-state index contributed by atoms with van der Waals surface area (Å²) in [6.45, 7) is 3.83. The van der Waals surface area contributed by atoms with Gasteiger partial charge in [-0.2, -0.15) is 0 Å². The third kappa shape index (κ3) is 4.07. The van der Waals surface area contributed by atoms with Gasteiger partial charge in [0, 0.05) is 29.9 Å². The van der Waals surface area contributed by atoms with Crippen LogP contribution in [-0.2, 0) is 9.53 Å². The Labute approximate surface area is 167 Å². The number of aliphatic hydroxyl groups excluding tert-OH is 1. The second-order valence-corrected chi connectivity index (χ2v) is 6.93. The Balaban J connectivity index is 2.08. The van der Waals surface area contributed by atoms with Crippen LogP contribution in [0.3, 0.4) is 0 Å². The molecule has 154 valence electrons. The highest BCUT2D eigenvalue weighted by Gasteiger charge is 2.33. The number of Topliss-reactive ketones (excluding diaryl/α,β-unsaturated/α-hetero) is 1. The minimum atomic E-state index is -0.863. The minimum absolute atomic E-state index is 0.0226. The van der Waals surface area contributed by atoms with Gasteiger partial charge in [0.15, 0.2) is 0 Å². The number of piperidine rings is 1. The topological polar surface area (TPSA) is 99.7 Å². The number of ether oxygens (including phenoxy) is 1. The second kappa shape index (κ2) is 8.57. The predicted octanol–water partition coefficient (Wildman–Crippen LogP) is 2.47. The number of amides is 1. The molecule has 0 radical (unpaired) electrons. The number of hydrogen-bond donors (Lipinski definition) is 2. The number of hydrogen-bond acceptors (Lipinski definition) is 5. The van der Waals surface area contributed by atoms with Gasteiger partial charge in [0.05, 0.1) is 18.3 Å². The summed E-state index contributed by atoms with van der Waals surface area (Å²) in [4.78, 5) is 42.4. The number of carbonyl (C=O) groups is 3. The number of aromatic nitrogens is 1. The molecule has 2 aromatic rings. The van der Waals surface area contributed by atoms with Crippen molar-refractivity contribution < 1.29 is 28.6 Å². The number of nitrogens with zero attached hydrogens (tertiary/aromatic N) is 1. The Morgan fingerprint density at radius 3 is 2.52 bits per heavy atom. The molecule has 0 saturated carbocycles. The van der Waals surface area contributed by atoms with Gasteiger partial charge in [-0.05, 0) is 32.8 Å². The van der Waals surface area contributed by atoms with Crippen LogP contribution in [0.1, 0.15) is 46.3 Å². The van der Waals surface area contributed by atoms with Crippen LogP contribution in [0.2, 0.25) is 0 Å². The zero-order valence-electron chi connectivity index (χ0n) is 16.3. The maximum absolute atomic E-state index is 14.6. The molecule has 0 bridgehead atoms. The highest BCUT2D eigenvalue weighted by molar-refractivity contribution is 6.43. The van der Waals surface area contributed by atoms with E-state index in [0.717, 1.165) is 0 Å². The van der Waals surface area contributed by atoms with Gasteiger partial charge in [0.25, 0.3) is 11.7 Å². The van der Waals surface area contributed by atoms with E-state index in [9.17, 15) is 23.9 Å². The van der Waals surface area contributed by atoms with Crippen LogP contribution in [0, 0.1) is 12.7 Å². The van der Waals surface area contributed by atoms with Crippen molar-refractivity contribution in [3.8, 4) is 11.1 Å². The first-order valence-corrected chi connectivity index (χ1v) is 9.51. The van der Waals surface area contributed by atoms with E-state index in [1.165, 1.54) is 23.1 Å². The lowest BCUT2D eigenvalue weighted by molar-refractivity contribution is -0.128. The van der Waals surface area contributed by atoms with Crippen molar-refractivity contribution in [2.24, 2.45) is 0 Å². The number of likely N-dealkylation sites (tertiary alicyclic amines) is 1. The fourth-order valence-corrected chi connectivity index (χ4v) is 3.51. The third-order valence-corrected chi connectivity index (χ3v) is 4.98. The van der Waals surface area contributed by atoms with E-state index >= 15 is 0 Å². The normalized spacial score (nSPS) is 14.7. The Morgan fingerprint density at radius 1 is 1.24 bits per heavy atom. The number of aromatic amines is 1. The van der Waals surface area contributed by atoms with E-state index in [0.29, 0.717) is 18.5 Å². The lowest BCUT2D eigenvalue weighted by atomic mass is 9.97. The molecule has 3 rings (SSSR count). The summed E-state index contributed by atoms with van der Waals surface area (Å²) >= 11 is 0. The average molecular weight is 402 g/mol. The van der Waals surface area contributed by atoms with Crippen molar-refractivity contribution in [1.29, 1.82) is 0 Å². The SMILES string of the molecule is CCOC(=O)c1c(C)[nH]c(C(=O)C(=O)N2CCC(O)CC2)c1-c1ccccc1F. The number of nitrogens with one attached hydrogen (secondary N) is 1. The molecular weight excluding hydrogens is 379 g/mol. The van der Waals surface area contributed by atoms with Crippen LogP contribution >= 0.6 is 0 Å². The van der Waals surface area contributed by atoms with Crippen molar-refractivity contribution in [3.05, 3.63) is 47.0 Å². The van der Waals surface area contributed by atoms with E-state index < -0.39 is 29.6 Å². The molecule has 7 nitrogen and oxygen atoms in total. The molecule has 2 N–H and O–H groups in total. The Hall–Kier alpha value is -3.00. The van der Waals surface area contributed by atoms with Crippen molar-refractivity contribution in [3.63, 3.8) is 0 Å². The highest BCUT2D eigenvalue weighted by atomic mass is 19.1. The van der Waals surface area contributed by atoms with Crippen molar-refractivity contribution in [1.82, 2.24) is 9.88 Å². The van der Waals surface area contributed by atoms with Gasteiger partial charge in [0.1, 0.15) is 11.5 Å². The van der Waals surface area contributed by atoms with Gasteiger partial charge < -0.3 is 19.7 Å². The molecule has 1 aliphatic heterocycles. The number of aliphatic hydroxyl groups is 1. The highest BCUT2D eigenvalue weighted by Crippen LogP contribution is 2.33.